The van der Waals surface area contributed by atoms with Crippen molar-refractivity contribution in [3.63, 3.8) is 0 Å². The summed E-state index contributed by atoms with van der Waals surface area (Å²) in [6.45, 7) is 11.9. The Kier molecular flexibility index (Phi) is 6.22. The van der Waals surface area contributed by atoms with Crippen molar-refractivity contribution in [2.24, 2.45) is 0 Å². The average molecular weight is 426 g/mol. The molecular weight excluding hydrogens is 394 g/mol. The fraction of sp³-hybridized carbons (Fsp3) is 0.435. The van der Waals surface area contributed by atoms with Gasteiger partial charge in [-0.1, -0.05) is 0 Å². The van der Waals surface area contributed by atoms with Gasteiger partial charge in [0.2, 0.25) is 5.95 Å². The molecule has 0 aliphatic carbocycles. The van der Waals surface area contributed by atoms with Gasteiger partial charge in [-0.15, -0.1) is 0 Å². The highest BCUT2D eigenvalue weighted by atomic mass is 16.6. The first kappa shape index (κ1) is 22.6. The maximum absolute atomic E-state index is 12.9. The Balaban J connectivity index is 1.93. The maximum atomic E-state index is 12.9. The number of fused-ring (bicyclic) bond motifs is 1. The molecule has 0 fully saturated rings. The number of carbonyl (C=O) groups excluding carboxylic acids is 1. The number of anilines is 2. The van der Waals surface area contributed by atoms with Crippen LogP contribution in [0.5, 0.6) is 0 Å². The molecule has 31 heavy (non-hydrogen) atoms. The Morgan fingerprint density at radius 3 is 2.52 bits per heavy atom. The van der Waals surface area contributed by atoms with Crippen molar-refractivity contribution in [1.29, 1.82) is 0 Å². The Bertz CT molecular complexity index is 1060. The number of aromatic nitrogens is 3. The standard InChI is InChI=1S/C23H31N5O3/c1-22(2,3)30-14-13-28(21(29)31-23(4,5)6)20-25-11-9-19(26-20)27-12-10-16-15-17(24)7-8-18(16)27/h7-12,15H,13-14,24H2,1-6H3. The summed E-state index contributed by atoms with van der Waals surface area (Å²) < 4.78 is 13.3. The zero-order chi connectivity index (χ0) is 22.8. The predicted molar refractivity (Wildman–Crippen MR) is 123 cm³/mol. The quantitative estimate of drug-likeness (QED) is 0.602. The number of nitrogens with two attached hydrogens (primary N) is 1. The Morgan fingerprint density at radius 1 is 1.10 bits per heavy atom. The highest BCUT2D eigenvalue weighted by Gasteiger charge is 2.26. The predicted octanol–water partition coefficient (Wildman–Crippen LogP) is 4.56. The van der Waals surface area contributed by atoms with E-state index in [1.807, 2.05) is 76.6 Å². The summed E-state index contributed by atoms with van der Waals surface area (Å²) in [6, 6.07) is 9.45. The normalized spacial score (nSPS) is 12.2. The Labute approximate surface area is 183 Å². The van der Waals surface area contributed by atoms with Crippen molar-refractivity contribution < 1.29 is 14.3 Å². The van der Waals surface area contributed by atoms with Crippen LogP contribution in [0.4, 0.5) is 16.4 Å². The van der Waals surface area contributed by atoms with E-state index in [0.717, 1.165) is 10.9 Å². The molecule has 2 aromatic heterocycles. The van der Waals surface area contributed by atoms with E-state index in [-0.39, 0.29) is 18.1 Å². The first-order valence-corrected chi connectivity index (χ1v) is 10.3. The number of carbonyl (C=O) groups is 1. The molecule has 2 heterocycles. The van der Waals surface area contributed by atoms with Crippen LogP contribution in [0.15, 0.2) is 42.7 Å². The summed E-state index contributed by atoms with van der Waals surface area (Å²) in [5, 5.41) is 1.00. The number of hydrogen-bond acceptors (Lipinski definition) is 6. The third-order valence-corrected chi connectivity index (χ3v) is 4.29. The molecule has 0 aliphatic heterocycles. The molecule has 1 aromatic carbocycles. The van der Waals surface area contributed by atoms with Gasteiger partial charge in [0, 0.05) is 23.5 Å². The van der Waals surface area contributed by atoms with Gasteiger partial charge in [0.15, 0.2) is 0 Å². The fourth-order valence-corrected chi connectivity index (χ4v) is 3.00. The van der Waals surface area contributed by atoms with Crippen molar-refractivity contribution in [3.8, 4) is 5.82 Å². The third kappa shape index (κ3) is 5.95. The molecule has 0 unspecified atom stereocenters. The van der Waals surface area contributed by atoms with Crippen LogP contribution in [0.1, 0.15) is 41.5 Å². The van der Waals surface area contributed by atoms with Gasteiger partial charge in [-0.3, -0.25) is 0 Å². The molecule has 3 aromatic rings. The summed E-state index contributed by atoms with van der Waals surface area (Å²) >= 11 is 0. The van der Waals surface area contributed by atoms with Gasteiger partial charge in [0.05, 0.1) is 24.3 Å². The molecule has 0 bridgehead atoms. The van der Waals surface area contributed by atoms with Gasteiger partial charge < -0.3 is 19.8 Å². The SMILES string of the molecule is CC(C)(C)OCCN(C(=O)OC(C)(C)C)c1nccc(-n2ccc3cc(N)ccc32)n1. The van der Waals surface area contributed by atoms with Crippen LogP contribution in [0.2, 0.25) is 0 Å². The van der Waals surface area contributed by atoms with Crippen molar-refractivity contribution in [3.05, 3.63) is 42.7 Å². The summed E-state index contributed by atoms with van der Waals surface area (Å²) in [4.78, 5) is 23.3. The molecule has 3 rings (SSSR count). The highest BCUT2D eigenvalue weighted by Crippen LogP contribution is 2.23. The van der Waals surface area contributed by atoms with Crippen LogP contribution in [-0.4, -0.2) is 45.0 Å². The van der Waals surface area contributed by atoms with Crippen LogP contribution >= 0.6 is 0 Å². The molecule has 0 radical (unpaired) electrons. The zero-order valence-corrected chi connectivity index (χ0v) is 19.0. The maximum Gasteiger partial charge on any atom is 0.417 e. The topological polar surface area (TPSA) is 95.5 Å². The number of benzene rings is 1. The number of amides is 1. The smallest absolute Gasteiger partial charge is 0.417 e. The molecule has 166 valence electrons. The molecule has 8 nitrogen and oxygen atoms in total. The van der Waals surface area contributed by atoms with Crippen LogP contribution in [0, 0.1) is 0 Å². The molecule has 2 N–H and O–H groups in total. The van der Waals surface area contributed by atoms with Gasteiger partial charge in [0.25, 0.3) is 0 Å². The summed E-state index contributed by atoms with van der Waals surface area (Å²) in [7, 11) is 0. The zero-order valence-electron chi connectivity index (χ0n) is 19.0. The Hall–Kier alpha value is -3.13. The van der Waals surface area contributed by atoms with E-state index in [1.165, 1.54) is 4.90 Å². The summed E-state index contributed by atoms with van der Waals surface area (Å²) in [6.07, 6.45) is 3.02. The van der Waals surface area contributed by atoms with E-state index < -0.39 is 11.7 Å². The molecule has 0 saturated carbocycles. The summed E-state index contributed by atoms with van der Waals surface area (Å²) in [5.41, 5.74) is 6.58. The van der Waals surface area contributed by atoms with Gasteiger partial charge in [-0.2, -0.15) is 4.98 Å². The average Bonchev–Trinajstić information content (AvgIpc) is 3.06. The van der Waals surface area contributed by atoms with E-state index in [4.69, 9.17) is 15.2 Å². The second kappa shape index (κ2) is 8.55. The van der Waals surface area contributed by atoms with Crippen molar-refractivity contribution in [1.82, 2.24) is 14.5 Å². The molecule has 0 aliphatic rings. The molecule has 1 amide bonds. The van der Waals surface area contributed by atoms with Gasteiger partial charge in [0.1, 0.15) is 11.4 Å². The van der Waals surface area contributed by atoms with Gasteiger partial charge in [-0.25, -0.2) is 14.7 Å². The number of ether oxygens (including phenoxy) is 2. The second-order valence-corrected chi connectivity index (χ2v) is 9.31. The molecular formula is C23H31N5O3. The number of rotatable bonds is 5. The van der Waals surface area contributed by atoms with Crippen LogP contribution < -0.4 is 10.6 Å². The number of hydrogen-bond donors (Lipinski definition) is 1. The van der Waals surface area contributed by atoms with E-state index in [1.54, 1.807) is 12.3 Å². The lowest BCUT2D eigenvalue weighted by Crippen LogP contribution is -2.40. The monoisotopic (exact) mass is 425 g/mol. The minimum absolute atomic E-state index is 0.251. The van der Waals surface area contributed by atoms with Crippen LogP contribution in [0.3, 0.4) is 0 Å². The number of nitrogens with zero attached hydrogens (tertiary/aromatic N) is 4. The molecule has 8 heteroatoms. The van der Waals surface area contributed by atoms with Crippen molar-refractivity contribution >= 4 is 28.6 Å². The minimum atomic E-state index is -0.644. The molecule has 0 atom stereocenters. The van der Waals surface area contributed by atoms with E-state index in [2.05, 4.69) is 9.97 Å². The molecule has 0 saturated heterocycles. The highest BCUT2D eigenvalue weighted by molar-refractivity contribution is 5.86. The van der Waals surface area contributed by atoms with Gasteiger partial charge in [-0.05, 0) is 71.9 Å². The summed E-state index contributed by atoms with van der Waals surface area (Å²) in [5.74, 6) is 0.886. The Morgan fingerprint density at radius 2 is 1.84 bits per heavy atom. The fourth-order valence-electron chi connectivity index (χ4n) is 3.00. The number of nitrogen functional groups attached to an aromatic ring is 1. The second-order valence-electron chi connectivity index (χ2n) is 9.31. The lowest BCUT2D eigenvalue weighted by molar-refractivity contribution is -0.000345. The van der Waals surface area contributed by atoms with E-state index >= 15 is 0 Å². The lowest BCUT2D eigenvalue weighted by atomic mass is 10.2. The minimum Gasteiger partial charge on any atom is -0.443 e. The van der Waals surface area contributed by atoms with Crippen molar-refractivity contribution in [2.75, 3.05) is 23.8 Å². The van der Waals surface area contributed by atoms with Crippen LogP contribution in [-0.2, 0) is 9.47 Å². The third-order valence-electron chi connectivity index (χ3n) is 4.29. The van der Waals surface area contributed by atoms with Crippen LogP contribution in [0.25, 0.3) is 16.7 Å². The van der Waals surface area contributed by atoms with Crippen molar-refractivity contribution in [2.45, 2.75) is 52.7 Å². The first-order valence-electron chi connectivity index (χ1n) is 10.3. The first-order chi connectivity index (χ1) is 14.4. The van der Waals surface area contributed by atoms with E-state index in [0.29, 0.717) is 18.1 Å². The van der Waals surface area contributed by atoms with Gasteiger partial charge >= 0.3 is 6.09 Å². The van der Waals surface area contributed by atoms with E-state index in [9.17, 15) is 4.79 Å². The largest absolute Gasteiger partial charge is 0.443 e. The molecule has 0 spiro atoms. The lowest BCUT2D eigenvalue weighted by Gasteiger charge is -2.27.